The first-order valence-corrected chi connectivity index (χ1v) is 4.85. The molecular weight excluding hydrogens is 194 g/mol. The summed E-state index contributed by atoms with van der Waals surface area (Å²) in [5.74, 6) is 0. The Morgan fingerprint density at radius 2 is 2.47 bits per heavy atom. The van der Waals surface area contributed by atoms with Gasteiger partial charge in [0.2, 0.25) is 0 Å². The van der Waals surface area contributed by atoms with E-state index >= 15 is 0 Å². The largest absolute Gasteiger partial charge is 0.448 e. The van der Waals surface area contributed by atoms with Gasteiger partial charge < -0.3 is 10.5 Å². The van der Waals surface area contributed by atoms with Crippen LogP contribution >= 0.6 is 0 Å². The zero-order chi connectivity index (χ0) is 10.7. The molecule has 0 bridgehead atoms. The Morgan fingerprint density at radius 1 is 1.60 bits per heavy atom. The number of aromatic nitrogens is 1. The summed E-state index contributed by atoms with van der Waals surface area (Å²) >= 11 is 0. The van der Waals surface area contributed by atoms with Crippen LogP contribution in [-0.2, 0) is 17.8 Å². The topological polar surface area (TPSA) is 68.4 Å². The molecule has 1 saturated heterocycles. The number of ether oxygens (including phenoxy) is 1. The molecule has 0 radical (unpaired) electrons. The van der Waals surface area contributed by atoms with Crippen LogP contribution in [0.3, 0.4) is 0 Å². The lowest BCUT2D eigenvalue weighted by molar-refractivity contribution is 0.157. The standard InChI is InChI=1S/C10H13N3O2/c11-6-8-1-2-12-9(5-8)7-13-3-4-15-10(13)14/h1-2,5H,3-4,6-7,11H2. The van der Waals surface area contributed by atoms with E-state index in [1.165, 1.54) is 0 Å². The monoisotopic (exact) mass is 207 g/mol. The lowest BCUT2D eigenvalue weighted by Gasteiger charge is -2.11. The molecule has 5 nitrogen and oxygen atoms in total. The van der Waals surface area contributed by atoms with Gasteiger partial charge in [-0.1, -0.05) is 0 Å². The van der Waals surface area contributed by atoms with E-state index in [0.717, 1.165) is 11.3 Å². The Morgan fingerprint density at radius 3 is 3.13 bits per heavy atom. The predicted molar refractivity (Wildman–Crippen MR) is 53.9 cm³/mol. The van der Waals surface area contributed by atoms with Crippen molar-refractivity contribution in [1.82, 2.24) is 9.88 Å². The molecule has 1 aromatic heterocycles. The summed E-state index contributed by atoms with van der Waals surface area (Å²) in [6.07, 6.45) is 1.44. The lowest BCUT2D eigenvalue weighted by Crippen LogP contribution is -2.24. The number of hydrogen-bond donors (Lipinski definition) is 1. The van der Waals surface area contributed by atoms with Gasteiger partial charge in [-0.25, -0.2) is 4.79 Å². The van der Waals surface area contributed by atoms with E-state index < -0.39 is 0 Å². The Kier molecular flexibility index (Phi) is 2.82. The highest BCUT2D eigenvalue weighted by molar-refractivity contribution is 5.69. The van der Waals surface area contributed by atoms with Crippen molar-refractivity contribution in [3.8, 4) is 0 Å². The summed E-state index contributed by atoms with van der Waals surface area (Å²) in [4.78, 5) is 17.0. The second-order valence-electron chi connectivity index (χ2n) is 3.40. The van der Waals surface area contributed by atoms with Gasteiger partial charge >= 0.3 is 6.09 Å². The number of rotatable bonds is 3. The SMILES string of the molecule is NCc1ccnc(CN2CCOC2=O)c1. The quantitative estimate of drug-likeness (QED) is 0.783. The third-order valence-electron chi connectivity index (χ3n) is 2.31. The van der Waals surface area contributed by atoms with Crippen LogP contribution in [0.4, 0.5) is 4.79 Å². The maximum atomic E-state index is 11.2. The number of pyridine rings is 1. The van der Waals surface area contributed by atoms with E-state index in [0.29, 0.717) is 26.2 Å². The van der Waals surface area contributed by atoms with Gasteiger partial charge in [-0.2, -0.15) is 0 Å². The second-order valence-corrected chi connectivity index (χ2v) is 3.40. The Hall–Kier alpha value is -1.62. The van der Waals surface area contributed by atoms with Gasteiger partial charge in [0.25, 0.3) is 0 Å². The van der Waals surface area contributed by atoms with E-state index in [9.17, 15) is 4.79 Å². The normalized spacial score (nSPS) is 15.5. The van der Waals surface area contributed by atoms with Crippen LogP contribution in [0.15, 0.2) is 18.3 Å². The van der Waals surface area contributed by atoms with Crippen molar-refractivity contribution in [2.75, 3.05) is 13.2 Å². The molecule has 0 unspecified atom stereocenters. The minimum absolute atomic E-state index is 0.269. The van der Waals surface area contributed by atoms with Gasteiger partial charge in [-0.3, -0.25) is 9.88 Å². The molecule has 1 aromatic rings. The van der Waals surface area contributed by atoms with Crippen molar-refractivity contribution in [3.05, 3.63) is 29.6 Å². The first-order valence-electron chi connectivity index (χ1n) is 4.85. The molecule has 2 heterocycles. The summed E-state index contributed by atoms with van der Waals surface area (Å²) in [5.41, 5.74) is 7.39. The molecule has 0 aromatic carbocycles. The van der Waals surface area contributed by atoms with E-state index in [1.807, 2.05) is 12.1 Å². The summed E-state index contributed by atoms with van der Waals surface area (Å²) in [6, 6.07) is 3.78. The third kappa shape index (κ3) is 2.24. The maximum absolute atomic E-state index is 11.2. The van der Waals surface area contributed by atoms with E-state index in [1.54, 1.807) is 11.1 Å². The van der Waals surface area contributed by atoms with Crippen molar-refractivity contribution in [2.24, 2.45) is 5.73 Å². The summed E-state index contributed by atoms with van der Waals surface area (Å²) in [5, 5.41) is 0. The molecule has 1 amide bonds. The molecule has 0 saturated carbocycles. The van der Waals surface area contributed by atoms with Crippen LogP contribution < -0.4 is 5.73 Å². The molecule has 0 atom stereocenters. The Bertz CT molecular complexity index is 367. The van der Waals surface area contributed by atoms with Gasteiger partial charge in [0.15, 0.2) is 0 Å². The smallest absolute Gasteiger partial charge is 0.410 e. The number of amides is 1. The third-order valence-corrected chi connectivity index (χ3v) is 2.31. The van der Waals surface area contributed by atoms with Crippen LogP contribution in [0.5, 0.6) is 0 Å². The molecule has 1 aliphatic heterocycles. The highest BCUT2D eigenvalue weighted by Gasteiger charge is 2.22. The fraction of sp³-hybridized carbons (Fsp3) is 0.400. The van der Waals surface area contributed by atoms with Crippen LogP contribution in [0.25, 0.3) is 0 Å². The average molecular weight is 207 g/mol. The van der Waals surface area contributed by atoms with E-state index in [2.05, 4.69) is 4.98 Å². The van der Waals surface area contributed by atoms with Crippen molar-refractivity contribution in [1.29, 1.82) is 0 Å². The minimum atomic E-state index is -0.269. The highest BCUT2D eigenvalue weighted by atomic mass is 16.6. The van der Waals surface area contributed by atoms with Crippen molar-refractivity contribution < 1.29 is 9.53 Å². The summed E-state index contributed by atoms with van der Waals surface area (Å²) in [6.45, 7) is 2.08. The van der Waals surface area contributed by atoms with Gasteiger partial charge in [0, 0.05) is 12.7 Å². The Balaban J connectivity index is 2.06. The molecule has 5 heteroatoms. The van der Waals surface area contributed by atoms with Gasteiger partial charge in [-0.05, 0) is 17.7 Å². The summed E-state index contributed by atoms with van der Waals surface area (Å²) in [7, 11) is 0. The molecule has 2 N–H and O–H groups in total. The molecule has 80 valence electrons. The number of carbonyl (C=O) groups excluding carboxylic acids is 1. The molecule has 1 aliphatic rings. The number of nitrogens with zero attached hydrogens (tertiary/aromatic N) is 2. The zero-order valence-corrected chi connectivity index (χ0v) is 8.35. The highest BCUT2D eigenvalue weighted by Crippen LogP contribution is 2.09. The number of carbonyl (C=O) groups is 1. The van der Waals surface area contributed by atoms with Crippen molar-refractivity contribution >= 4 is 6.09 Å². The van der Waals surface area contributed by atoms with Crippen molar-refractivity contribution in [3.63, 3.8) is 0 Å². The van der Waals surface area contributed by atoms with Gasteiger partial charge in [-0.15, -0.1) is 0 Å². The maximum Gasteiger partial charge on any atom is 0.410 e. The fourth-order valence-electron chi connectivity index (χ4n) is 1.51. The number of cyclic esters (lactones) is 1. The lowest BCUT2D eigenvalue weighted by atomic mass is 10.2. The molecule has 0 aliphatic carbocycles. The zero-order valence-electron chi connectivity index (χ0n) is 8.35. The minimum Gasteiger partial charge on any atom is -0.448 e. The van der Waals surface area contributed by atoms with Crippen LogP contribution in [-0.4, -0.2) is 29.1 Å². The van der Waals surface area contributed by atoms with E-state index in [4.69, 9.17) is 10.5 Å². The molecule has 0 spiro atoms. The van der Waals surface area contributed by atoms with Crippen LogP contribution in [0, 0.1) is 0 Å². The molecular formula is C10H13N3O2. The van der Waals surface area contributed by atoms with Crippen LogP contribution in [0.1, 0.15) is 11.3 Å². The molecule has 2 rings (SSSR count). The number of hydrogen-bond acceptors (Lipinski definition) is 4. The first-order chi connectivity index (χ1) is 7.29. The fourth-order valence-corrected chi connectivity index (χ4v) is 1.51. The van der Waals surface area contributed by atoms with Gasteiger partial charge in [0.05, 0.1) is 18.8 Å². The number of nitrogens with two attached hydrogens (primary N) is 1. The van der Waals surface area contributed by atoms with Crippen molar-refractivity contribution in [2.45, 2.75) is 13.1 Å². The molecule has 1 fully saturated rings. The van der Waals surface area contributed by atoms with E-state index in [-0.39, 0.29) is 6.09 Å². The summed E-state index contributed by atoms with van der Waals surface area (Å²) < 4.78 is 4.83. The Labute approximate surface area is 87.8 Å². The van der Waals surface area contributed by atoms with Crippen LogP contribution in [0.2, 0.25) is 0 Å². The van der Waals surface area contributed by atoms with Gasteiger partial charge in [0.1, 0.15) is 6.61 Å². The average Bonchev–Trinajstić information content (AvgIpc) is 2.65. The first kappa shape index (κ1) is 9.92. The predicted octanol–water partition coefficient (Wildman–Crippen LogP) is 0.492. The molecule has 15 heavy (non-hydrogen) atoms. The second kappa shape index (κ2) is 4.27.